The van der Waals surface area contributed by atoms with Gasteiger partial charge in [-0.05, 0) is 84.9 Å². The Morgan fingerprint density at radius 3 is 1.31 bits per heavy atom. The van der Waals surface area contributed by atoms with E-state index in [0.29, 0.717) is 72.8 Å². The van der Waals surface area contributed by atoms with Gasteiger partial charge in [0, 0.05) is 41.5 Å². The second-order valence-electron chi connectivity index (χ2n) is 23.5. The number of benzene rings is 8. The zero-order chi connectivity index (χ0) is 69.0. The van der Waals surface area contributed by atoms with Gasteiger partial charge in [-0.2, -0.15) is 0 Å². The first-order valence-electron chi connectivity index (χ1n) is 31.8. The number of ether oxygens (including phenoxy) is 4. The Labute approximate surface area is 566 Å². The molecule has 1 aliphatic carbocycles. The number of hydrogen-bond acceptors (Lipinski definition) is 17. The summed E-state index contributed by atoms with van der Waals surface area (Å²) < 4.78 is 30.8. The fraction of sp³-hybridized carbons (Fsp3) is 0.103. The van der Waals surface area contributed by atoms with Gasteiger partial charge in [-0.1, -0.05) is 148 Å². The van der Waals surface area contributed by atoms with Gasteiger partial charge in [0.25, 0.3) is 22.2 Å². The quantitative estimate of drug-likeness (QED) is 0.0391. The maximum atomic E-state index is 15.7. The molecular formula is C78H56N10O12. The first-order valence-corrected chi connectivity index (χ1v) is 31.8. The lowest BCUT2D eigenvalue weighted by Crippen LogP contribution is -2.40. The molecule has 0 N–H and O–H groups in total. The summed E-state index contributed by atoms with van der Waals surface area (Å²) in [7, 11) is 0. The van der Waals surface area contributed by atoms with Crippen LogP contribution in [0.15, 0.2) is 268 Å². The van der Waals surface area contributed by atoms with E-state index in [9.17, 15) is 19.2 Å². The number of carbonyl (C=O) groups is 4. The maximum Gasteiger partial charge on any atom is 0.331 e. The molecule has 100 heavy (non-hydrogen) atoms. The fourth-order valence-electron chi connectivity index (χ4n) is 13.2. The Kier molecular flexibility index (Phi) is 16.0. The van der Waals surface area contributed by atoms with Gasteiger partial charge < -0.3 is 23.8 Å². The summed E-state index contributed by atoms with van der Waals surface area (Å²) in [4.78, 5) is 136. The van der Waals surface area contributed by atoms with Crippen LogP contribution in [0, 0.1) is 0 Å². The number of anilines is 1. The zero-order valence-corrected chi connectivity index (χ0v) is 53.3. The molecule has 2 aliphatic rings. The number of aromatic nitrogens is 8. The number of allylic oxidation sites excluding steroid dienone is 2. The number of esters is 4. The molecule has 0 fully saturated rings. The van der Waals surface area contributed by atoms with Crippen LogP contribution in [0.1, 0.15) is 54.2 Å². The van der Waals surface area contributed by atoms with E-state index < -0.39 is 70.4 Å². The van der Waals surface area contributed by atoms with E-state index in [1.54, 1.807) is 148 Å². The van der Waals surface area contributed by atoms with Crippen molar-refractivity contribution in [2.24, 2.45) is 4.99 Å². The highest BCUT2D eigenvalue weighted by Crippen LogP contribution is 2.39. The molecule has 22 nitrogen and oxygen atoms in total. The fourth-order valence-corrected chi connectivity index (χ4v) is 13.2. The third kappa shape index (κ3) is 10.9. The normalized spacial score (nSPS) is 14.7. The van der Waals surface area contributed by atoms with E-state index in [2.05, 4.69) is 19.7 Å². The van der Waals surface area contributed by atoms with Crippen molar-refractivity contribution in [3.63, 3.8) is 0 Å². The number of nitrogens with zero attached hydrogens (tertiary/aromatic N) is 10. The Balaban J connectivity index is 0.954. The van der Waals surface area contributed by atoms with Gasteiger partial charge in [0.15, 0.2) is 29.7 Å². The van der Waals surface area contributed by atoms with Crippen LogP contribution < -0.4 is 27.1 Å². The summed E-state index contributed by atoms with van der Waals surface area (Å²) >= 11 is 0. The second-order valence-corrected chi connectivity index (χ2v) is 23.5. The molecular weight excluding hydrogens is 1270 g/mol. The monoisotopic (exact) mass is 1320 g/mol. The molecule has 5 aromatic heterocycles. The van der Waals surface area contributed by atoms with Crippen molar-refractivity contribution >= 4 is 90.0 Å². The Bertz CT molecular complexity index is 5680. The van der Waals surface area contributed by atoms with Crippen LogP contribution in [0.5, 0.6) is 0 Å². The molecule has 22 heteroatoms. The van der Waals surface area contributed by atoms with E-state index >= 15 is 19.2 Å². The third-order valence-corrected chi connectivity index (χ3v) is 17.6. The Morgan fingerprint density at radius 2 is 0.850 bits per heavy atom. The average molecular weight is 1330 g/mol. The number of para-hydroxylation sites is 6. The van der Waals surface area contributed by atoms with Gasteiger partial charge in [0.1, 0.15) is 19.0 Å². The SMILES string of the molecule is C=CC(=O)OCc1nc2ccccc2n1-c1cc(N2C(COC(=O)CC)=NC3C=CC=CC32)cc(-n2c(=O)c3cc4c(=O)n(-c5cc(-n6c(C(OC(=O)C=C)c7ccccc7)nc7ccccc76)cc(-n6c(C(OC(=O)C=C)c7ccccc7)nc7ccccc76)c5)c(=O)c4cc3c2=O)c1. The number of aliphatic imine (C=N–C) groups is 1. The van der Waals surface area contributed by atoms with E-state index in [1.807, 2.05) is 71.7 Å². The van der Waals surface area contributed by atoms with Crippen LogP contribution in [0.2, 0.25) is 0 Å². The van der Waals surface area contributed by atoms with Crippen LogP contribution in [-0.2, 0) is 44.7 Å². The summed E-state index contributed by atoms with van der Waals surface area (Å²) in [6, 6.07) is 51.2. The zero-order valence-electron chi connectivity index (χ0n) is 53.3. The molecule has 4 unspecified atom stereocenters. The minimum atomic E-state index is -1.17. The molecule has 0 bridgehead atoms. The van der Waals surface area contributed by atoms with E-state index in [1.165, 1.54) is 12.1 Å². The van der Waals surface area contributed by atoms with Crippen LogP contribution in [0.3, 0.4) is 0 Å². The second kappa shape index (κ2) is 25.6. The van der Waals surface area contributed by atoms with Crippen molar-refractivity contribution in [2.45, 2.75) is 44.2 Å². The predicted molar refractivity (Wildman–Crippen MR) is 378 cm³/mol. The number of rotatable bonds is 20. The molecule has 6 heterocycles. The largest absolute Gasteiger partial charge is 0.458 e. The van der Waals surface area contributed by atoms with Gasteiger partial charge in [-0.15, -0.1) is 0 Å². The highest BCUT2D eigenvalue weighted by molar-refractivity contribution is 6.04. The van der Waals surface area contributed by atoms with Crippen LogP contribution in [-0.4, -0.2) is 86.2 Å². The molecule has 0 amide bonds. The van der Waals surface area contributed by atoms with E-state index in [-0.39, 0.29) is 70.0 Å². The lowest BCUT2D eigenvalue weighted by molar-refractivity contribution is -0.142. The van der Waals surface area contributed by atoms with Crippen molar-refractivity contribution < 1.29 is 38.1 Å². The topological polar surface area (TPSA) is 252 Å². The molecule has 4 atom stereocenters. The molecule has 0 saturated heterocycles. The molecule has 490 valence electrons. The molecule has 0 saturated carbocycles. The summed E-state index contributed by atoms with van der Waals surface area (Å²) in [5, 5.41) is -0.745. The first-order chi connectivity index (χ1) is 48.7. The lowest BCUT2D eigenvalue weighted by Gasteiger charge is -2.29. The van der Waals surface area contributed by atoms with E-state index in [0.717, 1.165) is 27.4 Å². The molecule has 15 rings (SSSR count). The molecule has 13 aromatic rings. The summed E-state index contributed by atoms with van der Waals surface area (Å²) in [6.07, 6.45) is 8.47. The minimum absolute atomic E-state index is 0.000819. The lowest BCUT2D eigenvalue weighted by atomic mass is 10.0. The molecule has 8 aromatic carbocycles. The highest BCUT2D eigenvalue weighted by Gasteiger charge is 2.37. The van der Waals surface area contributed by atoms with Crippen LogP contribution in [0.4, 0.5) is 5.69 Å². The number of imidazole rings is 3. The summed E-state index contributed by atoms with van der Waals surface area (Å²) in [5.41, 5.74) is 2.29. The van der Waals surface area contributed by atoms with Crippen molar-refractivity contribution in [3.05, 3.63) is 314 Å². The molecule has 0 radical (unpaired) electrons. The van der Waals surface area contributed by atoms with Crippen LogP contribution >= 0.6 is 0 Å². The average Bonchev–Trinajstić information content (AvgIpc) is 1.57. The van der Waals surface area contributed by atoms with Gasteiger partial charge in [0.05, 0.1) is 95.2 Å². The minimum Gasteiger partial charge on any atom is -0.458 e. The molecule has 1 aliphatic heterocycles. The molecule has 0 spiro atoms. The maximum absolute atomic E-state index is 15.7. The van der Waals surface area contributed by atoms with Gasteiger partial charge in [-0.25, -0.2) is 38.5 Å². The standard InChI is InChI=1S/C78H56N10O12/c1-5-67(89)97-43-65-79-57-27-15-19-31-61(57)83(65)47-35-48(84-62-32-20-16-28-58(62)80-66(84)44-98-68(90)6-2)37-51(36-47)87-75(93)53-41-55-56(42-54(53)76(87)94)78(96)88(77(55)95)52-39-49(85-63-33-21-17-29-59(63)81-73(85)71(99-69(91)7-3)45-23-11-9-12-24-45)38-50(40-52)86-64-34-22-18-30-60(64)82-74(86)72(100-70(92)8-4)46-25-13-10-14-26-46/h5,7-42,58,62,71-72H,1,3-4,6,43-44H2,2H3. The van der Waals surface area contributed by atoms with Crippen molar-refractivity contribution in [1.82, 2.24) is 37.8 Å². The Hall–Kier alpha value is -13.5. The van der Waals surface area contributed by atoms with Crippen molar-refractivity contribution in [1.29, 1.82) is 0 Å². The van der Waals surface area contributed by atoms with Gasteiger partial charge in [-0.3, -0.25) is 42.7 Å². The number of carbonyl (C=O) groups excluding carboxylic acids is 4. The van der Waals surface area contributed by atoms with Crippen molar-refractivity contribution in [3.8, 4) is 28.4 Å². The Morgan fingerprint density at radius 1 is 0.450 bits per heavy atom. The van der Waals surface area contributed by atoms with Crippen LogP contribution in [0.25, 0.3) is 83.1 Å². The number of fused-ring (bicyclic) bond motifs is 6. The van der Waals surface area contributed by atoms with Gasteiger partial charge in [0.2, 0.25) is 0 Å². The van der Waals surface area contributed by atoms with Gasteiger partial charge >= 0.3 is 23.9 Å². The summed E-state index contributed by atoms with van der Waals surface area (Å²) in [5.74, 6) is -1.58. The number of amidine groups is 1. The highest BCUT2D eigenvalue weighted by atomic mass is 16.6. The smallest absolute Gasteiger partial charge is 0.331 e. The van der Waals surface area contributed by atoms with E-state index in [4.69, 9.17) is 38.9 Å². The summed E-state index contributed by atoms with van der Waals surface area (Å²) in [6.45, 7) is 12.0. The third-order valence-electron chi connectivity index (χ3n) is 17.6. The first kappa shape index (κ1) is 62.6. The predicted octanol–water partition coefficient (Wildman–Crippen LogP) is 10.8. The number of hydrogen-bond donors (Lipinski definition) is 0. The van der Waals surface area contributed by atoms with Crippen molar-refractivity contribution in [2.75, 3.05) is 11.5 Å².